The van der Waals surface area contributed by atoms with Crippen molar-refractivity contribution >= 4 is 55.5 Å². The lowest BCUT2D eigenvalue weighted by atomic mass is 10.0. The van der Waals surface area contributed by atoms with Crippen LogP contribution in [0.5, 0.6) is 11.5 Å². The number of amides is 1. The summed E-state index contributed by atoms with van der Waals surface area (Å²) in [4.78, 5) is 12.7. The maximum atomic E-state index is 13.1. The molecule has 0 saturated heterocycles. The van der Waals surface area contributed by atoms with Gasteiger partial charge in [-0.1, -0.05) is 48.9 Å². The fourth-order valence-electron chi connectivity index (χ4n) is 3.75. The van der Waals surface area contributed by atoms with E-state index in [0.717, 1.165) is 6.07 Å². The van der Waals surface area contributed by atoms with Gasteiger partial charge in [0.05, 0.1) is 22.6 Å². The van der Waals surface area contributed by atoms with Crippen molar-refractivity contribution in [3.63, 3.8) is 0 Å². The van der Waals surface area contributed by atoms with Crippen LogP contribution in [0.4, 0.5) is 17.1 Å². The van der Waals surface area contributed by atoms with Gasteiger partial charge in [-0.05, 0) is 47.7 Å². The lowest BCUT2D eigenvalue weighted by Gasteiger charge is -2.12. The predicted molar refractivity (Wildman–Crippen MR) is 141 cm³/mol. The first-order valence-electron chi connectivity index (χ1n) is 11.0. The summed E-state index contributed by atoms with van der Waals surface area (Å²) in [6, 6.07) is 17.7. The zero-order valence-electron chi connectivity index (χ0n) is 19.8. The number of benzene rings is 4. The Labute approximate surface area is 218 Å². The molecule has 0 aliphatic carbocycles. The number of aryl methyl sites for hydroxylation is 1. The Morgan fingerprint density at radius 2 is 1.76 bits per heavy atom. The van der Waals surface area contributed by atoms with Crippen LogP contribution in [0.2, 0.25) is 5.02 Å². The SMILES string of the molecule is CCc1cc(S(=O)(=O)O)cc(Cl)c1N=Nc1c(O)c(C(=O)Nc2cccc(OC)c2)cc2ccccc12. The van der Waals surface area contributed by atoms with E-state index in [2.05, 4.69) is 15.5 Å². The van der Waals surface area contributed by atoms with E-state index in [-0.39, 0.29) is 26.9 Å². The Morgan fingerprint density at radius 3 is 2.46 bits per heavy atom. The van der Waals surface area contributed by atoms with Gasteiger partial charge in [-0.2, -0.15) is 8.42 Å². The van der Waals surface area contributed by atoms with Crippen LogP contribution in [0.1, 0.15) is 22.8 Å². The zero-order valence-corrected chi connectivity index (χ0v) is 21.3. The molecular formula is C26H22ClN3O6S. The molecule has 3 N–H and O–H groups in total. The maximum Gasteiger partial charge on any atom is 0.294 e. The number of rotatable bonds is 7. The third-order valence-corrected chi connectivity index (χ3v) is 6.73. The number of nitrogens with zero attached hydrogens (tertiary/aromatic N) is 2. The maximum absolute atomic E-state index is 13.1. The first-order valence-corrected chi connectivity index (χ1v) is 12.9. The number of methoxy groups -OCH3 is 1. The Hall–Kier alpha value is -3.99. The Morgan fingerprint density at radius 1 is 1.03 bits per heavy atom. The molecule has 9 nitrogen and oxygen atoms in total. The van der Waals surface area contributed by atoms with Crippen LogP contribution in [-0.4, -0.2) is 31.1 Å². The predicted octanol–water partition coefficient (Wildman–Crippen LogP) is 6.68. The number of azo groups is 1. The first kappa shape index (κ1) is 26.1. The van der Waals surface area contributed by atoms with Crippen LogP contribution < -0.4 is 10.1 Å². The van der Waals surface area contributed by atoms with E-state index in [9.17, 15) is 22.9 Å². The second-order valence-electron chi connectivity index (χ2n) is 7.97. The van der Waals surface area contributed by atoms with Gasteiger partial charge in [-0.25, -0.2) is 0 Å². The van der Waals surface area contributed by atoms with Crippen molar-refractivity contribution in [2.75, 3.05) is 12.4 Å². The fourth-order valence-corrected chi connectivity index (χ4v) is 4.65. The van der Waals surface area contributed by atoms with Gasteiger partial charge < -0.3 is 15.2 Å². The molecule has 0 fully saturated rings. The average molecular weight is 540 g/mol. The summed E-state index contributed by atoms with van der Waals surface area (Å²) >= 11 is 6.27. The average Bonchev–Trinajstić information content (AvgIpc) is 2.87. The number of anilines is 1. The molecule has 0 bridgehead atoms. The van der Waals surface area contributed by atoms with E-state index in [4.69, 9.17) is 16.3 Å². The third-order valence-electron chi connectivity index (χ3n) is 5.61. The molecule has 0 aromatic heterocycles. The third kappa shape index (κ3) is 5.56. The molecule has 11 heteroatoms. The minimum Gasteiger partial charge on any atom is -0.505 e. The standard InChI is InChI=1S/C26H22ClN3O6S/c1-3-15-11-19(37(33,34)35)14-22(27)23(15)29-30-24-20-10-5-4-7-16(20)12-21(25(24)31)26(32)28-17-8-6-9-18(13-17)36-2/h4-14,31H,3H2,1-2H3,(H,28,32)(H,33,34,35). The van der Waals surface area contributed by atoms with Gasteiger partial charge in [0.25, 0.3) is 16.0 Å². The van der Waals surface area contributed by atoms with E-state index >= 15 is 0 Å². The van der Waals surface area contributed by atoms with Crippen LogP contribution in [0.25, 0.3) is 10.8 Å². The molecule has 0 atom stereocenters. The molecule has 0 aliphatic heterocycles. The number of carbonyl (C=O) groups is 1. The van der Waals surface area contributed by atoms with Gasteiger partial charge in [0.2, 0.25) is 0 Å². The Balaban J connectivity index is 1.80. The molecule has 0 unspecified atom stereocenters. The van der Waals surface area contributed by atoms with Gasteiger partial charge in [0.15, 0.2) is 5.75 Å². The van der Waals surface area contributed by atoms with Gasteiger partial charge in [0.1, 0.15) is 17.1 Å². The summed E-state index contributed by atoms with van der Waals surface area (Å²) in [6.07, 6.45) is 0.340. The molecule has 0 heterocycles. The Bertz CT molecular complexity index is 1650. The number of carbonyl (C=O) groups excluding carboxylic acids is 1. The minimum absolute atomic E-state index is 0.0287. The van der Waals surface area contributed by atoms with E-state index in [1.54, 1.807) is 61.5 Å². The number of hydrogen-bond donors (Lipinski definition) is 3. The second kappa shape index (κ2) is 10.6. The number of halogens is 1. The van der Waals surface area contributed by atoms with Crippen molar-refractivity contribution < 1.29 is 27.6 Å². The summed E-state index contributed by atoms with van der Waals surface area (Å²) < 4.78 is 37.7. The highest BCUT2D eigenvalue weighted by Crippen LogP contribution is 2.41. The van der Waals surface area contributed by atoms with Crippen molar-refractivity contribution in [3.8, 4) is 11.5 Å². The van der Waals surface area contributed by atoms with Crippen LogP contribution in [0.3, 0.4) is 0 Å². The van der Waals surface area contributed by atoms with E-state index in [1.165, 1.54) is 13.2 Å². The van der Waals surface area contributed by atoms with Gasteiger partial charge in [-0.15, -0.1) is 10.2 Å². The molecule has 37 heavy (non-hydrogen) atoms. The number of nitrogens with one attached hydrogen (secondary N) is 1. The number of ether oxygens (including phenoxy) is 1. The molecule has 0 spiro atoms. The lowest BCUT2D eigenvalue weighted by molar-refractivity contribution is 0.102. The summed E-state index contributed by atoms with van der Waals surface area (Å²) in [5, 5.41) is 23.3. The van der Waals surface area contributed by atoms with Gasteiger partial charge in [-0.3, -0.25) is 9.35 Å². The molecule has 4 aromatic rings. The summed E-state index contributed by atoms with van der Waals surface area (Å²) in [5.74, 6) is -0.414. The zero-order chi connectivity index (χ0) is 26.7. The smallest absolute Gasteiger partial charge is 0.294 e. The van der Waals surface area contributed by atoms with Crippen molar-refractivity contribution in [2.24, 2.45) is 10.2 Å². The van der Waals surface area contributed by atoms with Crippen LogP contribution >= 0.6 is 11.6 Å². The number of fused-ring (bicyclic) bond motifs is 1. The van der Waals surface area contributed by atoms with Crippen molar-refractivity contribution in [1.29, 1.82) is 0 Å². The molecule has 1 amide bonds. The number of phenolic OH excluding ortho intramolecular Hbond substituents is 1. The van der Waals surface area contributed by atoms with Crippen molar-refractivity contribution in [1.82, 2.24) is 0 Å². The molecule has 0 aliphatic rings. The lowest BCUT2D eigenvalue weighted by Crippen LogP contribution is -2.12. The normalized spacial score (nSPS) is 11.7. The molecule has 0 radical (unpaired) electrons. The van der Waals surface area contributed by atoms with E-state index < -0.39 is 21.8 Å². The largest absolute Gasteiger partial charge is 0.505 e. The topological polar surface area (TPSA) is 138 Å². The molecule has 0 saturated carbocycles. The second-order valence-corrected chi connectivity index (χ2v) is 9.80. The summed E-state index contributed by atoms with van der Waals surface area (Å²) in [5.41, 5.74) is 1.06. The molecular weight excluding hydrogens is 518 g/mol. The fraction of sp³-hybridized carbons (Fsp3) is 0.115. The molecule has 190 valence electrons. The summed E-state index contributed by atoms with van der Waals surface area (Å²) in [7, 11) is -2.96. The van der Waals surface area contributed by atoms with Crippen molar-refractivity contribution in [2.45, 2.75) is 18.2 Å². The van der Waals surface area contributed by atoms with Crippen molar-refractivity contribution in [3.05, 3.63) is 82.9 Å². The highest BCUT2D eigenvalue weighted by molar-refractivity contribution is 7.85. The van der Waals surface area contributed by atoms with Crippen LogP contribution in [0.15, 0.2) is 81.9 Å². The van der Waals surface area contributed by atoms with Crippen LogP contribution in [-0.2, 0) is 16.5 Å². The highest BCUT2D eigenvalue weighted by Gasteiger charge is 2.20. The van der Waals surface area contributed by atoms with E-state index in [1.807, 2.05) is 0 Å². The monoisotopic (exact) mass is 539 g/mol. The first-order chi connectivity index (χ1) is 17.6. The number of aromatic hydroxyl groups is 1. The van der Waals surface area contributed by atoms with Gasteiger partial charge in [0, 0.05) is 17.1 Å². The number of hydrogen-bond acceptors (Lipinski definition) is 7. The molecule has 4 aromatic carbocycles. The quantitative estimate of drug-likeness (QED) is 0.177. The Kier molecular flexibility index (Phi) is 7.44. The highest BCUT2D eigenvalue weighted by atomic mass is 35.5. The van der Waals surface area contributed by atoms with Gasteiger partial charge >= 0.3 is 0 Å². The number of phenols is 1. The minimum atomic E-state index is -4.47. The molecule has 4 rings (SSSR count). The summed E-state index contributed by atoms with van der Waals surface area (Å²) in [6.45, 7) is 1.76. The van der Waals surface area contributed by atoms with Crippen LogP contribution in [0, 0.1) is 0 Å². The van der Waals surface area contributed by atoms with E-state index in [0.29, 0.717) is 34.2 Å².